The highest BCUT2D eigenvalue weighted by Crippen LogP contribution is 2.23. The van der Waals surface area contributed by atoms with Crippen LogP contribution in [0.5, 0.6) is 0 Å². The fraction of sp³-hybridized carbons (Fsp3) is 0.118. The minimum absolute atomic E-state index is 0. The molecule has 2 aromatic carbocycles. The van der Waals surface area contributed by atoms with Crippen LogP contribution < -0.4 is 4.80 Å². The molecule has 0 amide bonds. The van der Waals surface area contributed by atoms with Crippen molar-refractivity contribution >= 4 is 57.3 Å². The highest BCUT2D eigenvalue weighted by molar-refractivity contribution is 8.93. The number of nitrogens with one attached hydrogen (secondary N) is 1. The molecular weight excluding hydrogens is 445 g/mol. The summed E-state index contributed by atoms with van der Waals surface area (Å²) in [5.74, 6) is -0.0736. The summed E-state index contributed by atoms with van der Waals surface area (Å²) in [6, 6.07) is 14.3. The molecule has 0 fully saturated rings. The topological polar surface area (TPSA) is 58.7 Å². The number of halogens is 3. The van der Waals surface area contributed by atoms with Gasteiger partial charge in [0.05, 0.1) is 0 Å². The quantitative estimate of drug-likeness (QED) is 0.559. The Bertz CT molecular complexity index is 941. The minimum atomic E-state index is -0.0736. The third-order valence-corrected chi connectivity index (χ3v) is 4.88. The van der Waals surface area contributed by atoms with E-state index in [1.807, 2.05) is 24.3 Å². The predicted octanol–water partition coefficient (Wildman–Crippen LogP) is 4.78. The number of hydrogen-bond donors (Lipinski definition) is 1. The molecule has 0 saturated heterocycles. The van der Waals surface area contributed by atoms with E-state index in [1.165, 1.54) is 16.0 Å². The lowest BCUT2D eigenvalue weighted by Crippen LogP contribution is -2.21. The summed E-state index contributed by atoms with van der Waals surface area (Å²) in [7, 11) is 0. The van der Waals surface area contributed by atoms with Crippen LogP contribution in [0.25, 0.3) is 0 Å². The maximum Gasteiger partial charge on any atom is 0.200 e. The number of nitrogens with zero attached hydrogens (tertiary/aromatic N) is 2. The lowest BCUT2D eigenvalue weighted by Gasteiger charge is -2.02. The zero-order valence-electron chi connectivity index (χ0n) is 12.9. The average molecular weight is 459 g/mol. The van der Waals surface area contributed by atoms with Crippen molar-refractivity contribution in [1.29, 1.82) is 5.41 Å². The molecule has 0 unspecified atom stereocenters. The van der Waals surface area contributed by atoms with Crippen LogP contribution in [0.1, 0.15) is 20.9 Å². The number of carbonyl (C=O) groups excluding carboxylic acids is 1. The van der Waals surface area contributed by atoms with Crippen molar-refractivity contribution in [2.24, 2.45) is 0 Å². The van der Waals surface area contributed by atoms with Crippen molar-refractivity contribution in [2.45, 2.75) is 13.0 Å². The molecule has 0 radical (unpaired) electrons. The van der Waals surface area contributed by atoms with Gasteiger partial charge in [-0.25, -0.2) is 4.68 Å². The fourth-order valence-corrected chi connectivity index (χ4v) is 3.50. The van der Waals surface area contributed by atoms with Gasteiger partial charge in [-0.3, -0.25) is 10.2 Å². The van der Waals surface area contributed by atoms with E-state index < -0.39 is 0 Å². The number of hydrogen-bond acceptors (Lipinski definition) is 4. The Labute approximate surface area is 169 Å². The van der Waals surface area contributed by atoms with E-state index in [1.54, 1.807) is 24.3 Å². The molecule has 8 heteroatoms. The van der Waals surface area contributed by atoms with Gasteiger partial charge in [-0.05, 0) is 17.7 Å². The largest absolute Gasteiger partial charge is 0.292 e. The highest BCUT2D eigenvalue weighted by Gasteiger charge is 2.12. The maximum atomic E-state index is 12.3. The normalized spacial score (nSPS) is 10.3. The molecule has 4 nitrogen and oxygen atoms in total. The molecule has 0 aliphatic heterocycles. The standard InChI is InChI=1S/C17H13Cl2N3OS.BrH/c18-13-7-6-12(14(19)9-13)8-16-21-22(17(20)24-16)10-15(23)11-4-2-1-3-5-11;/h1-7,9,20H,8,10H2;1H. The molecule has 25 heavy (non-hydrogen) atoms. The second-order valence-electron chi connectivity index (χ2n) is 5.16. The summed E-state index contributed by atoms with van der Waals surface area (Å²) < 4.78 is 1.42. The number of benzene rings is 2. The van der Waals surface area contributed by atoms with Crippen LogP contribution in [-0.4, -0.2) is 15.6 Å². The van der Waals surface area contributed by atoms with Gasteiger partial charge in [0, 0.05) is 22.0 Å². The summed E-state index contributed by atoms with van der Waals surface area (Å²) in [6.07, 6.45) is 0.499. The predicted molar refractivity (Wildman–Crippen MR) is 106 cm³/mol. The molecule has 0 spiro atoms. The van der Waals surface area contributed by atoms with E-state index >= 15 is 0 Å². The SMILES string of the molecule is Br.N=c1sc(Cc2ccc(Cl)cc2Cl)nn1CC(=O)c1ccccc1. The number of aromatic nitrogens is 2. The first-order chi connectivity index (χ1) is 11.5. The van der Waals surface area contributed by atoms with Crippen LogP contribution >= 0.6 is 51.5 Å². The molecule has 3 aromatic rings. The summed E-state index contributed by atoms with van der Waals surface area (Å²) >= 11 is 13.3. The van der Waals surface area contributed by atoms with Gasteiger partial charge >= 0.3 is 0 Å². The molecule has 1 N–H and O–H groups in total. The molecule has 1 aromatic heterocycles. The second kappa shape index (κ2) is 8.76. The third-order valence-electron chi connectivity index (χ3n) is 3.43. The first-order valence-electron chi connectivity index (χ1n) is 7.16. The number of rotatable bonds is 5. The van der Waals surface area contributed by atoms with Gasteiger partial charge in [0.1, 0.15) is 11.6 Å². The van der Waals surface area contributed by atoms with E-state index in [2.05, 4.69) is 5.10 Å². The molecule has 0 aliphatic carbocycles. The van der Waals surface area contributed by atoms with Crippen LogP contribution in [0.3, 0.4) is 0 Å². The van der Waals surface area contributed by atoms with Crippen molar-refractivity contribution in [3.63, 3.8) is 0 Å². The Kier molecular flexibility index (Phi) is 6.95. The Morgan fingerprint density at radius 2 is 1.88 bits per heavy atom. The zero-order chi connectivity index (χ0) is 17.1. The fourth-order valence-electron chi connectivity index (χ4n) is 2.22. The van der Waals surface area contributed by atoms with Crippen molar-refractivity contribution < 1.29 is 4.79 Å². The van der Waals surface area contributed by atoms with Crippen LogP contribution in [0, 0.1) is 5.41 Å². The molecule has 3 rings (SSSR count). The molecule has 0 bridgehead atoms. The van der Waals surface area contributed by atoms with E-state index in [4.69, 9.17) is 28.6 Å². The first-order valence-corrected chi connectivity index (χ1v) is 8.74. The highest BCUT2D eigenvalue weighted by atomic mass is 79.9. The first kappa shape index (κ1) is 19.8. The van der Waals surface area contributed by atoms with Gasteiger partial charge in [0.15, 0.2) is 5.78 Å². The van der Waals surface area contributed by atoms with Crippen LogP contribution in [0.2, 0.25) is 10.0 Å². The third kappa shape index (κ3) is 5.01. The second-order valence-corrected chi connectivity index (χ2v) is 7.07. The molecule has 130 valence electrons. The monoisotopic (exact) mass is 457 g/mol. The van der Waals surface area contributed by atoms with Gasteiger partial charge in [-0.2, -0.15) is 5.10 Å². The summed E-state index contributed by atoms with van der Waals surface area (Å²) in [6.45, 7) is 0.0493. The number of carbonyl (C=O) groups is 1. The smallest absolute Gasteiger partial charge is 0.200 e. The Morgan fingerprint density at radius 3 is 2.56 bits per heavy atom. The van der Waals surface area contributed by atoms with Gasteiger partial charge < -0.3 is 0 Å². The van der Waals surface area contributed by atoms with Gasteiger partial charge in [-0.15, -0.1) is 17.0 Å². The van der Waals surface area contributed by atoms with Crippen LogP contribution in [0.4, 0.5) is 0 Å². The van der Waals surface area contributed by atoms with Crippen LogP contribution in [0.15, 0.2) is 48.5 Å². The van der Waals surface area contributed by atoms with E-state index in [0.29, 0.717) is 22.0 Å². The van der Waals surface area contributed by atoms with Crippen molar-refractivity contribution in [3.8, 4) is 0 Å². The van der Waals surface area contributed by atoms with E-state index in [9.17, 15) is 4.79 Å². The van der Waals surface area contributed by atoms with Crippen molar-refractivity contribution in [1.82, 2.24) is 9.78 Å². The van der Waals surface area contributed by atoms with Gasteiger partial charge in [0.25, 0.3) is 0 Å². The van der Waals surface area contributed by atoms with E-state index in [0.717, 1.165) is 10.6 Å². The van der Waals surface area contributed by atoms with E-state index in [-0.39, 0.29) is 34.1 Å². The summed E-state index contributed by atoms with van der Waals surface area (Å²) in [5.41, 5.74) is 1.50. The van der Waals surface area contributed by atoms with Gasteiger partial charge in [0.2, 0.25) is 4.80 Å². The molecule has 0 saturated carbocycles. The summed E-state index contributed by atoms with van der Waals surface area (Å²) in [4.78, 5) is 12.5. The maximum absolute atomic E-state index is 12.3. The van der Waals surface area contributed by atoms with Crippen molar-refractivity contribution in [2.75, 3.05) is 0 Å². The van der Waals surface area contributed by atoms with Crippen molar-refractivity contribution in [3.05, 3.63) is 79.5 Å². The molecular formula is C17H14BrCl2N3OS. The number of ketones is 1. The lowest BCUT2D eigenvalue weighted by molar-refractivity contribution is 0.0966. The Morgan fingerprint density at radius 1 is 1.16 bits per heavy atom. The number of Topliss-reactive ketones (excluding diaryl/α,β-unsaturated/α-hetero) is 1. The van der Waals surface area contributed by atoms with Gasteiger partial charge in [-0.1, -0.05) is 70.9 Å². The summed E-state index contributed by atoms with van der Waals surface area (Å²) in [5, 5.41) is 14.3. The minimum Gasteiger partial charge on any atom is -0.292 e. The Hall–Kier alpha value is -1.47. The Balaban J connectivity index is 0.00000225. The zero-order valence-corrected chi connectivity index (χ0v) is 16.9. The molecule has 0 aliphatic rings. The molecule has 0 atom stereocenters. The van der Waals surface area contributed by atoms with Crippen LogP contribution in [-0.2, 0) is 13.0 Å². The lowest BCUT2D eigenvalue weighted by atomic mass is 10.1. The average Bonchev–Trinajstić information content (AvgIpc) is 2.90. The molecule has 1 heterocycles.